The monoisotopic (exact) mass is 216 g/mol. The summed E-state index contributed by atoms with van der Waals surface area (Å²) in [5.74, 6) is 0.699. The Morgan fingerprint density at radius 1 is 1.40 bits per heavy atom. The maximum absolute atomic E-state index is 8.83. The van der Waals surface area contributed by atoms with E-state index in [0.29, 0.717) is 11.4 Å². The summed E-state index contributed by atoms with van der Waals surface area (Å²) in [6, 6.07) is 5.81. The fraction of sp³-hybridized carbons (Fsp3) is 0.100. The molecule has 2 heterocycles. The highest BCUT2D eigenvalue weighted by Crippen LogP contribution is 2.19. The quantitative estimate of drug-likeness (QED) is 0.796. The number of rotatable bonds is 3. The molecule has 0 amide bonds. The number of hydrogen-bond acceptors (Lipinski definition) is 4. The number of hydrogen-bond donors (Lipinski definition) is 1. The summed E-state index contributed by atoms with van der Waals surface area (Å²) >= 11 is 1.55. The first kappa shape index (κ1) is 9.74. The SMILES string of the molecule is N#Cc1ncccc1CSc1ncc[nH]1. The fourth-order valence-corrected chi connectivity index (χ4v) is 1.94. The Labute approximate surface area is 91.4 Å². The van der Waals surface area contributed by atoms with Crippen LogP contribution in [-0.4, -0.2) is 15.0 Å². The van der Waals surface area contributed by atoms with E-state index in [-0.39, 0.29) is 0 Å². The molecule has 2 aromatic heterocycles. The minimum absolute atomic E-state index is 0.483. The molecule has 0 aliphatic rings. The van der Waals surface area contributed by atoms with Crippen molar-refractivity contribution in [2.45, 2.75) is 10.9 Å². The molecule has 0 saturated carbocycles. The van der Waals surface area contributed by atoms with E-state index in [0.717, 1.165) is 10.7 Å². The average Bonchev–Trinajstić information content (AvgIpc) is 2.79. The standard InChI is InChI=1S/C10H8N4S/c11-6-9-8(2-1-3-12-9)7-15-10-13-4-5-14-10/h1-5H,7H2,(H,13,14). The molecule has 1 N–H and O–H groups in total. The first-order chi connectivity index (χ1) is 7.40. The highest BCUT2D eigenvalue weighted by Gasteiger charge is 2.03. The molecule has 15 heavy (non-hydrogen) atoms. The van der Waals surface area contributed by atoms with Crippen molar-refractivity contribution in [2.75, 3.05) is 0 Å². The van der Waals surface area contributed by atoms with Crippen molar-refractivity contribution < 1.29 is 0 Å². The van der Waals surface area contributed by atoms with E-state index in [1.807, 2.05) is 12.1 Å². The van der Waals surface area contributed by atoms with Crippen molar-refractivity contribution in [1.82, 2.24) is 15.0 Å². The molecular weight excluding hydrogens is 208 g/mol. The molecule has 0 radical (unpaired) electrons. The van der Waals surface area contributed by atoms with Crippen LogP contribution in [0.3, 0.4) is 0 Å². The fourth-order valence-electron chi connectivity index (χ4n) is 1.13. The van der Waals surface area contributed by atoms with Gasteiger partial charge in [0.1, 0.15) is 11.8 Å². The van der Waals surface area contributed by atoms with Crippen molar-refractivity contribution in [2.24, 2.45) is 0 Å². The third-order valence-electron chi connectivity index (χ3n) is 1.83. The van der Waals surface area contributed by atoms with Gasteiger partial charge in [-0.05, 0) is 11.6 Å². The average molecular weight is 216 g/mol. The van der Waals surface area contributed by atoms with Crippen molar-refractivity contribution in [3.63, 3.8) is 0 Å². The predicted octanol–water partition coefficient (Wildman–Crippen LogP) is 1.97. The second-order valence-electron chi connectivity index (χ2n) is 2.81. The van der Waals surface area contributed by atoms with Crippen LogP contribution in [0, 0.1) is 11.3 Å². The van der Waals surface area contributed by atoms with Crippen molar-refractivity contribution in [3.05, 3.63) is 42.0 Å². The number of imidazole rings is 1. The minimum Gasteiger partial charge on any atom is -0.340 e. The van der Waals surface area contributed by atoms with Crippen LogP contribution in [0.2, 0.25) is 0 Å². The number of nitrogens with one attached hydrogen (secondary N) is 1. The lowest BCUT2D eigenvalue weighted by molar-refractivity contribution is 1.05. The normalized spacial score (nSPS) is 9.80. The molecule has 2 aromatic rings. The second kappa shape index (κ2) is 4.62. The van der Waals surface area contributed by atoms with Crippen molar-refractivity contribution in [3.8, 4) is 6.07 Å². The highest BCUT2D eigenvalue weighted by molar-refractivity contribution is 7.98. The van der Waals surface area contributed by atoms with Crippen molar-refractivity contribution in [1.29, 1.82) is 5.26 Å². The molecule has 0 saturated heterocycles. The van der Waals surface area contributed by atoms with Crippen LogP contribution in [0.15, 0.2) is 35.9 Å². The van der Waals surface area contributed by atoms with Gasteiger partial charge in [0.2, 0.25) is 0 Å². The topological polar surface area (TPSA) is 65.4 Å². The summed E-state index contributed by atoms with van der Waals surface area (Å²) in [5.41, 5.74) is 1.41. The van der Waals surface area contributed by atoms with Gasteiger partial charge in [-0.15, -0.1) is 0 Å². The molecule has 0 spiro atoms. The smallest absolute Gasteiger partial charge is 0.165 e. The van der Waals surface area contributed by atoms with Gasteiger partial charge in [-0.3, -0.25) is 0 Å². The van der Waals surface area contributed by atoms with Gasteiger partial charge in [-0.25, -0.2) is 9.97 Å². The zero-order valence-corrected chi connectivity index (χ0v) is 8.66. The molecule has 5 heteroatoms. The number of thioether (sulfide) groups is 1. The number of nitrogens with zero attached hydrogens (tertiary/aromatic N) is 3. The predicted molar refractivity (Wildman–Crippen MR) is 57.1 cm³/mol. The van der Waals surface area contributed by atoms with Gasteiger partial charge in [0.05, 0.1) is 0 Å². The summed E-state index contributed by atoms with van der Waals surface area (Å²) in [6.07, 6.45) is 5.10. The van der Waals surface area contributed by atoms with E-state index in [9.17, 15) is 0 Å². The van der Waals surface area contributed by atoms with Gasteiger partial charge in [0.25, 0.3) is 0 Å². The Morgan fingerprint density at radius 3 is 3.07 bits per heavy atom. The number of aromatic nitrogens is 3. The van der Waals surface area contributed by atoms with E-state index in [4.69, 9.17) is 5.26 Å². The summed E-state index contributed by atoms with van der Waals surface area (Å²) < 4.78 is 0. The molecular formula is C10H8N4S. The van der Waals surface area contributed by atoms with E-state index < -0.39 is 0 Å². The summed E-state index contributed by atoms with van der Waals surface area (Å²) in [4.78, 5) is 11.1. The third-order valence-corrected chi connectivity index (χ3v) is 2.79. The van der Waals surface area contributed by atoms with Crippen LogP contribution in [-0.2, 0) is 5.75 Å². The number of pyridine rings is 1. The van der Waals surface area contributed by atoms with Crippen LogP contribution in [0.5, 0.6) is 0 Å². The van der Waals surface area contributed by atoms with E-state index in [2.05, 4.69) is 21.0 Å². The van der Waals surface area contributed by atoms with Gasteiger partial charge in [0, 0.05) is 24.3 Å². The number of nitriles is 1. The zero-order valence-electron chi connectivity index (χ0n) is 7.84. The summed E-state index contributed by atoms with van der Waals surface area (Å²) in [6.45, 7) is 0. The Morgan fingerprint density at radius 2 is 2.33 bits per heavy atom. The molecule has 4 nitrogen and oxygen atoms in total. The molecule has 74 valence electrons. The molecule has 0 fully saturated rings. The second-order valence-corrected chi connectivity index (χ2v) is 3.77. The minimum atomic E-state index is 0.483. The Balaban J connectivity index is 2.08. The van der Waals surface area contributed by atoms with E-state index >= 15 is 0 Å². The first-order valence-electron chi connectivity index (χ1n) is 4.36. The van der Waals surface area contributed by atoms with Gasteiger partial charge in [-0.2, -0.15) is 5.26 Å². The Kier molecular flexibility index (Phi) is 3.00. The molecule has 0 aromatic carbocycles. The molecule has 0 aliphatic carbocycles. The Hall–Kier alpha value is -1.80. The maximum atomic E-state index is 8.83. The zero-order chi connectivity index (χ0) is 10.5. The lowest BCUT2D eigenvalue weighted by Gasteiger charge is -2.00. The lowest BCUT2D eigenvalue weighted by atomic mass is 10.2. The molecule has 0 unspecified atom stereocenters. The van der Waals surface area contributed by atoms with Crippen molar-refractivity contribution >= 4 is 11.8 Å². The largest absolute Gasteiger partial charge is 0.340 e. The Bertz CT molecular complexity index is 472. The number of H-pyrrole nitrogens is 1. The molecule has 0 bridgehead atoms. The highest BCUT2D eigenvalue weighted by atomic mass is 32.2. The van der Waals surface area contributed by atoms with Gasteiger partial charge < -0.3 is 4.98 Å². The van der Waals surface area contributed by atoms with Gasteiger partial charge in [0.15, 0.2) is 5.16 Å². The summed E-state index contributed by atoms with van der Waals surface area (Å²) in [7, 11) is 0. The van der Waals surface area contributed by atoms with E-state index in [1.54, 1.807) is 30.4 Å². The van der Waals surface area contributed by atoms with E-state index in [1.165, 1.54) is 0 Å². The van der Waals surface area contributed by atoms with Crippen LogP contribution in [0.25, 0.3) is 0 Å². The number of aromatic amines is 1. The molecule has 0 atom stereocenters. The molecule has 2 rings (SSSR count). The van der Waals surface area contributed by atoms with Crippen LogP contribution >= 0.6 is 11.8 Å². The maximum Gasteiger partial charge on any atom is 0.165 e. The van der Waals surface area contributed by atoms with Crippen LogP contribution < -0.4 is 0 Å². The van der Waals surface area contributed by atoms with Crippen LogP contribution in [0.1, 0.15) is 11.3 Å². The lowest BCUT2D eigenvalue weighted by Crippen LogP contribution is -1.90. The molecule has 0 aliphatic heterocycles. The van der Waals surface area contributed by atoms with Crippen LogP contribution in [0.4, 0.5) is 0 Å². The summed E-state index contributed by atoms with van der Waals surface area (Å²) in [5, 5.41) is 9.68. The van der Waals surface area contributed by atoms with Gasteiger partial charge >= 0.3 is 0 Å². The van der Waals surface area contributed by atoms with Gasteiger partial charge in [-0.1, -0.05) is 17.8 Å². The first-order valence-corrected chi connectivity index (χ1v) is 5.35. The third kappa shape index (κ3) is 2.36.